The second-order valence-corrected chi connectivity index (χ2v) is 5.01. The first-order valence-electron chi connectivity index (χ1n) is 5.83. The first-order valence-corrected chi connectivity index (χ1v) is 6.62. The number of rotatable bonds is 5. The summed E-state index contributed by atoms with van der Waals surface area (Å²) in [6.45, 7) is 0.202. The Morgan fingerprint density at radius 3 is 2.65 bits per heavy atom. The van der Waals surface area contributed by atoms with Gasteiger partial charge in [-0.3, -0.25) is 4.79 Å². The van der Waals surface area contributed by atoms with E-state index >= 15 is 0 Å². The highest BCUT2D eigenvalue weighted by molar-refractivity contribution is 9.10. The lowest BCUT2D eigenvalue weighted by molar-refractivity contribution is 0.112. The van der Waals surface area contributed by atoms with Crippen molar-refractivity contribution >= 4 is 22.2 Å². The third-order valence-corrected chi connectivity index (χ3v) is 3.10. The van der Waals surface area contributed by atoms with Gasteiger partial charge >= 0.3 is 0 Å². The Morgan fingerprint density at radius 1 is 1.20 bits per heavy atom. The Kier molecular flexibility index (Phi) is 4.74. The molecular formula is C15H12BrFO3. The number of halogens is 2. The second-order valence-electron chi connectivity index (χ2n) is 4.09. The lowest BCUT2D eigenvalue weighted by atomic mass is 10.2. The summed E-state index contributed by atoms with van der Waals surface area (Å²) in [5, 5.41) is 0. The van der Waals surface area contributed by atoms with Crippen LogP contribution < -0.4 is 9.47 Å². The summed E-state index contributed by atoms with van der Waals surface area (Å²) in [6, 6.07) is 9.42. The van der Waals surface area contributed by atoms with Gasteiger partial charge in [0, 0.05) is 10.0 Å². The van der Waals surface area contributed by atoms with Crippen LogP contribution in [0, 0.1) is 5.82 Å². The van der Waals surface area contributed by atoms with E-state index in [1.54, 1.807) is 24.3 Å². The maximum absolute atomic E-state index is 13.2. The summed E-state index contributed by atoms with van der Waals surface area (Å²) < 4.78 is 24.7. The molecule has 0 fully saturated rings. The zero-order valence-corrected chi connectivity index (χ0v) is 12.3. The molecule has 2 aromatic rings. The summed E-state index contributed by atoms with van der Waals surface area (Å²) >= 11 is 3.23. The number of carbonyl (C=O) groups excluding carboxylic acids is 1. The van der Waals surface area contributed by atoms with E-state index < -0.39 is 0 Å². The van der Waals surface area contributed by atoms with Gasteiger partial charge in [-0.1, -0.05) is 15.9 Å². The van der Waals surface area contributed by atoms with Crippen LogP contribution in [0.5, 0.6) is 11.5 Å². The van der Waals surface area contributed by atoms with E-state index in [-0.39, 0.29) is 12.4 Å². The number of ether oxygens (including phenoxy) is 2. The smallest absolute Gasteiger partial charge is 0.161 e. The molecule has 0 N–H and O–H groups in total. The third kappa shape index (κ3) is 3.57. The molecule has 0 aliphatic carbocycles. The van der Waals surface area contributed by atoms with E-state index in [1.165, 1.54) is 19.2 Å². The molecule has 0 amide bonds. The minimum Gasteiger partial charge on any atom is -0.493 e. The first-order chi connectivity index (χ1) is 9.62. The molecule has 0 atom stereocenters. The van der Waals surface area contributed by atoms with Gasteiger partial charge < -0.3 is 9.47 Å². The fraction of sp³-hybridized carbons (Fsp3) is 0.133. The summed E-state index contributed by atoms with van der Waals surface area (Å²) in [5.41, 5.74) is 1.20. The molecule has 5 heteroatoms. The van der Waals surface area contributed by atoms with Gasteiger partial charge in [0.25, 0.3) is 0 Å². The van der Waals surface area contributed by atoms with E-state index in [0.29, 0.717) is 27.1 Å². The van der Waals surface area contributed by atoms with Crippen molar-refractivity contribution in [2.45, 2.75) is 6.61 Å². The Hall–Kier alpha value is -1.88. The molecule has 104 valence electrons. The van der Waals surface area contributed by atoms with Gasteiger partial charge in [-0.2, -0.15) is 0 Å². The number of hydrogen-bond donors (Lipinski definition) is 0. The van der Waals surface area contributed by atoms with Gasteiger partial charge in [0.2, 0.25) is 0 Å². The predicted octanol–water partition coefficient (Wildman–Crippen LogP) is 3.99. The Morgan fingerprint density at radius 2 is 2.00 bits per heavy atom. The molecule has 20 heavy (non-hydrogen) atoms. The van der Waals surface area contributed by atoms with Crippen LogP contribution in [0.1, 0.15) is 15.9 Å². The van der Waals surface area contributed by atoms with Crippen LogP contribution in [0.25, 0.3) is 0 Å². The van der Waals surface area contributed by atoms with Crippen molar-refractivity contribution in [2.24, 2.45) is 0 Å². The Bertz CT molecular complexity index is 608. The molecule has 2 aromatic carbocycles. The molecule has 0 aromatic heterocycles. The molecule has 3 nitrogen and oxygen atoms in total. The van der Waals surface area contributed by atoms with Crippen LogP contribution in [0.4, 0.5) is 4.39 Å². The molecule has 0 radical (unpaired) electrons. The molecule has 0 bridgehead atoms. The fourth-order valence-corrected chi connectivity index (χ4v) is 2.24. The predicted molar refractivity (Wildman–Crippen MR) is 76.8 cm³/mol. The van der Waals surface area contributed by atoms with Crippen LogP contribution in [-0.4, -0.2) is 13.4 Å². The zero-order valence-electron chi connectivity index (χ0n) is 10.7. The average Bonchev–Trinajstić information content (AvgIpc) is 2.44. The quantitative estimate of drug-likeness (QED) is 0.773. The van der Waals surface area contributed by atoms with E-state index in [0.717, 1.165) is 6.29 Å². The SMILES string of the molecule is COc1cc(C=O)ccc1OCc1cc(F)cc(Br)c1. The minimum atomic E-state index is -0.332. The van der Waals surface area contributed by atoms with E-state index in [1.807, 2.05) is 0 Å². The molecule has 0 saturated carbocycles. The number of benzene rings is 2. The van der Waals surface area contributed by atoms with E-state index in [2.05, 4.69) is 15.9 Å². The highest BCUT2D eigenvalue weighted by Crippen LogP contribution is 2.28. The first kappa shape index (κ1) is 14.5. The standard InChI is InChI=1S/C15H12BrFO3/c1-19-15-6-10(8-18)2-3-14(15)20-9-11-4-12(16)7-13(17)5-11/h2-8H,9H2,1H3. The largest absolute Gasteiger partial charge is 0.493 e. The monoisotopic (exact) mass is 338 g/mol. The number of carbonyl (C=O) groups is 1. The fourth-order valence-electron chi connectivity index (χ4n) is 1.73. The normalized spacial score (nSPS) is 10.2. The molecule has 0 spiro atoms. The minimum absolute atomic E-state index is 0.202. The van der Waals surface area contributed by atoms with Crippen molar-refractivity contribution in [3.8, 4) is 11.5 Å². The summed E-state index contributed by atoms with van der Waals surface area (Å²) in [7, 11) is 1.50. The highest BCUT2D eigenvalue weighted by Gasteiger charge is 2.07. The van der Waals surface area contributed by atoms with Crippen molar-refractivity contribution in [1.82, 2.24) is 0 Å². The van der Waals surface area contributed by atoms with Gasteiger partial charge in [-0.05, 0) is 42.0 Å². The molecule has 2 rings (SSSR count). The van der Waals surface area contributed by atoms with Gasteiger partial charge in [-0.25, -0.2) is 4.39 Å². The zero-order chi connectivity index (χ0) is 14.5. The number of methoxy groups -OCH3 is 1. The topological polar surface area (TPSA) is 35.5 Å². The average molecular weight is 339 g/mol. The van der Waals surface area contributed by atoms with Crippen LogP contribution in [0.2, 0.25) is 0 Å². The Labute approximate surface area is 124 Å². The highest BCUT2D eigenvalue weighted by atomic mass is 79.9. The van der Waals surface area contributed by atoms with Crippen molar-refractivity contribution in [2.75, 3.05) is 7.11 Å². The third-order valence-electron chi connectivity index (χ3n) is 2.64. The van der Waals surface area contributed by atoms with Crippen molar-refractivity contribution < 1.29 is 18.7 Å². The lowest BCUT2D eigenvalue weighted by Gasteiger charge is -2.11. The molecule has 0 aliphatic heterocycles. The van der Waals surface area contributed by atoms with Gasteiger partial charge in [0.15, 0.2) is 11.5 Å². The van der Waals surface area contributed by atoms with Crippen molar-refractivity contribution in [1.29, 1.82) is 0 Å². The van der Waals surface area contributed by atoms with Crippen LogP contribution in [-0.2, 0) is 6.61 Å². The van der Waals surface area contributed by atoms with Crippen molar-refractivity contribution in [3.05, 3.63) is 57.8 Å². The molecular weight excluding hydrogens is 327 g/mol. The molecule has 0 saturated heterocycles. The van der Waals surface area contributed by atoms with Crippen LogP contribution >= 0.6 is 15.9 Å². The van der Waals surface area contributed by atoms with Gasteiger partial charge in [0.05, 0.1) is 7.11 Å². The second kappa shape index (κ2) is 6.52. The molecule has 0 aliphatic rings. The maximum Gasteiger partial charge on any atom is 0.161 e. The van der Waals surface area contributed by atoms with E-state index in [9.17, 15) is 9.18 Å². The number of hydrogen-bond acceptors (Lipinski definition) is 3. The van der Waals surface area contributed by atoms with Crippen LogP contribution in [0.15, 0.2) is 40.9 Å². The van der Waals surface area contributed by atoms with Crippen LogP contribution in [0.3, 0.4) is 0 Å². The summed E-state index contributed by atoms with van der Waals surface area (Å²) in [4.78, 5) is 10.7. The molecule has 0 heterocycles. The maximum atomic E-state index is 13.2. The van der Waals surface area contributed by atoms with Gasteiger partial charge in [0.1, 0.15) is 18.7 Å². The Balaban J connectivity index is 2.16. The molecule has 0 unspecified atom stereocenters. The lowest BCUT2D eigenvalue weighted by Crippen LogP contribution is -1.99. The summed E-state index contributed by atoms with van der Waals surface area (Å²) in [6.07, 6.45) is 0.732. The van der Waals surface area contributed by atoms with Gasteiger partial charge in [-0.15, -0.1) is 0 Å². The summed E-state index contributed by atoms with van der Waals surface area (Å²) in [5.74, 6) is 0.629. The number of aldehydes is 1. The van der Waals surface area contributed by atoms with Crippen molar-refractivity contribution in [3.63, 3.8) is 0 Å². The van der Waals surface area contributed by atoms with E-state index in [4.69, 9.17) is 9.47 Å².